The number of aryl methyl sites for hydroxylation is 1. The molecule has 0 saturated heterocycles. The van der Waals surface area contributed by atoms with Gasteiger partial charge in [0.15, 0.2) is 5.78 Å². The monoisotopic (exact) mass is 219 g/mol. The van der Waals surface area contributed by atoms with Crippen LogP contribution in [-0.2, 0) is 0 Å². The molecule has 2 heteroatoms. The third-order valence-electron chi connectivity index (χ3n) is 2.66. The van der Waals surface area contributed by atoms with Gasteiger partial charge in [-0.3, -0.25) is 4.79 Å². The second-order valence-electron chi connectivity index (χ2n) is 5.47. The quantitative estimate of drug-likeness (QED) is 0.711. The highest BCUT2D eigenvalue weighted by atomic mass is 16.1. The first-order valence-corrected chi connectivity index (χ1v) is 5.56. The van der Waals surface area contributed by atoms with Gasteiger partial charge in [0.25, 0.3) is 0 Å². The minimum absolute atomic E-state index is 0.203. The Morgan fingerprint density at radius 1 is 1.19 bits per heavy atom. The molecule has 2 nitrogen and oxygen atoms in total. The van der Waals surface area contributed by atoms with Crippen LogP contribution in [-0.4, -0.2) is 19.9 Å². The van der Waals surface area contributed by atoms with Gasteiger partial charge in [-0.05, 0) is 24.6 Å². The highest BCUT2D eigenvalue weighted by Crippen LogP contribution is 2.25. The number of rotatable bonds is 2. The molecule has 0 atom stereocenters. The first-order valence-electron chi connectivity index (χ1n) is 5.56. The van der Waals surface area contributed by atoms with Crippen molar-refractivity contribution < 1.29 is 4.79 Å². The number of nitrogens with zero attached hydrogens (tertiary/aromatic N) is 1. The standard InChI is InChI=1S/C14H21NO/c1-10-7-8-11(15(5)6)9-12(10)13(16)14(2,3)4/h7-9H,1-6H3. The van der Waals surface area contributed by atoms with E-state index in [1.54, 1.807) is 0 Å². The molecule has 1 rings (SSSR count). The SMILES string of the molecule is Cc1ccc(N(C)C)cc1C(=O)C(C)(C)C. The van der Waals surface area contributed by atoms with E-state index in [0.29, 0.717) is 0 Å². The molecule has 0 aliphatic carbocycles. The molecule has 1 aromatic rings. The molecule has 0 amide bonds. The fraction of sp³-hybridized carbons (Fsp3) is 0.500. The zero-order valence-corrected chi connectivity index (χ0v) is 11.1. The van der Waals surface area contributed by atoms with Gasteiger partial charge in [-0.1, -0.05) is 26.8 Å². The number of Topliss-reactive ketones (excluding diaryl/α,β-unsaturated/α-hetero) is 1. The maximum Gasteiger partial charge on any atom is 0.168 e. The Morgan fingerprint density at radius 3 is 2.19 bits per heavy atom. The van der Waals surface area contributed by atoms with E-state index in [9.17, 15) is 4.79 Å². The Balaban J connectivity index is 3.23. The van der Waals surface area contributed by atoms with Crippen LogP contribution in [0.5, 0.6) is 0 Å². The van der Waals surface area contributed by atoms with E-state index in [2.05, 4.69) is 0 Å². The van der Waals surface area contributed by atoms with E-state index in [0.717, 1.165) is 16.8 Å². The lowest BCUT2D eigenvalue weighted by molar-refractivity contribution is 0.0857. The van der Waals surface area contributed by atoms with Gasteiger partial charge in [0.05, 0.1) is 0 Å². The van der Waals surface area contributed by atoms with Gasteiger partial charge in [-0.15, -0.1) is 0 Å². The normalized spacial score (nSPS) is 11.4. The van der Waals surface area contributed by atoms with E-state index in [-0.39, 0.29) is 11.2 Å². The molecule has 0 unspecified atom stereocenters. The minimum Gasteiger partial charge on any atom is -0.378 e. The smallest absolute Gasteiger partial charge is 0.168 e. The first-order chi connectivity index (χ1) is 7.23. The van der Waals surface area contributed by atoms with Crippen LogP contribution in [0.25, 0.3) is 0 Å². The fourth-order valence-electron chi connectivity index (χ4n) is 1.54. The lowest BCUT2D eigenvalue weighted by Gasteiger charge is -2.20. The molecule has 0 aromatic heterocycles. The summed E-state index contributed by atoms with van der Waals surface area (Å²) in [6, 6.07) is 6.02. The minimum atomic E-state index is -0.324. The Morgan fingerprint density at radius 2 is 1.75 bits per heavy atom. The third-order valence-corrected chi connectivity index (χ3v) is 2.66. The van der Waals surface area contributed by atoms with Crippen LogP contribution in [0.1, 0.15) is 36.7 Å². The summed E-state index contributed by atoms with van der Waals surface area (Å²) in [5.41, 5.74) is 2.62. The van der Waals surface area contributed by atoms with Crippen LogP contribution >= 0.6 is 0 Å². The van der Waals surface area contributed by atoms with Crippen molar-refractivity contribution in [3.05, 3.63) is 29.3 Å². The summed E-state index contributed by atoms with van der Waals surface area (Å²) >= 11 is 0. The van der Waals surface area contributed by atoms with Crippen molar-refractivity contribution in [1.29, 1.82) is 0 Å². The Hall–Kier alpha value is -1.31. The Labute approximate surface area is 98.3 Å². The van der Waals surface area contributed by atoms with Crippen molar-refractivity contribution in [2.45, 2.75) is 27.7 Å². The molecule has 0 saturated carbocycles. The fourth-order valence-corrected chi connectivity index (χ4v) is 1.54. The molecule has 0 radical (unpaired) electrons. The predicted octanol–water partition coefficient (Wildman–Crippen LogP) is 3.29. The third kappa shape index (κ3) is 2.63. The van der Waals surface area contributed by atoms with Crippen molar-refractivity contribution in [1.82, 2.24) is 0 Å². The summed E-state index contributed by atoms with van der Waals surface area (Å²) in [6.07, 6.45) is 0. The summed E-state index contributed by atoms with van der Waals surface area (Å²) in [7, 11) is 3.96. The topological polar surface area (TPSA) is 20.3 Å². The van der Waals surface area contributed by atoms with Gasteiger partial charge in [-0.25, -0.2) is 0 Å². The zero-order valence-electron chi connectivity index (χ0n) is 11.1. The molecule has 1 aromatic carbocycles. The highest BCUT2D eigenvalue weighted by Gasteiger charge is 2.24. The molecule has 88 valence electrons. The number of anilines is 1. The van der Waals surface area contributed by atoms with Crippen LogP contribution in [0.2, 0.25) is 0 Å². The van der Waals surface area contributed by atoms with Crippen LogP contribution < -0.4 is 4.90 Å². The molecule has 0 heterocycles. The lowest BCUT2D eigenvalue weighted by atomic mass is 9.85. The number of carbonyl (C=O) groups is 1. The van der Waals surface area contributed by atoms with E-state index in [4.69, 9.17) is 0 Å². The van der Waals surface area contributed by atoms with Gasteiger partial charge in [0.2, 0.25) is 0 Å². The molecule has 0 fully saturated rings. The molecular formula is C14H21NO. The van der Waals surface area contributed by atoms with Crippen molar-refractivity contribution >= 4 is 11.5 Å². The van der Waals surface area contributed by atoms with E-state index >= 15 is 0 Å². The van der Waals surface area contributed by atoms with E-state index in [1.165, 1.54) is 0 Å². The van der Waals surface area contributed by atoms with Crippen LogP contribution in [0.4, 0.5) is 5.69 Å². The largest absolute Gasteiger partial charge is 0.378 e. The van der Waals surface area contributed by atoms with Crippen LogP contribution in [0, 0.1) is 12.3 Å². The molecular weight excluding hydrogens is 198 g/mol. The van der Waals surface area contributed by atoms with Crippen molar-refractivity contribution in [2.75, 3.05) is 19.0 Å². The summed E-state index contributed by atoms with van der Waals surface area (Å²) < 4.78 is 0. The van der Waals surface area contributed by atoms with Gasteiger partial charge in [0.1, 0.15) is 0 Å². The van der Waals surface area contributed by atoms with E-state index < -0.39 is 0 Å². The van der Waals surface area contributed by atoms with Crippen molar-refractivity contribution in [2.24, 2.45) is 5.41 Å². The van der Waals surface area contributed by atoms with Crippen LogP contribution in [0.15, 0.2) is 18.2 Å². The summed E-state index contributed by atoms with van der Waals surface area (Å²) in [5, 5.41) is 0. The Bertz CT molecular complexity index is 400. The van der Waals surface area contributed by atoms with Gasteiger partial charge in [0, 0.05) is 30.8 Å². The molecule has 16 heavy (non-hydrogen) atoms. The summed E-state index contributed by atoms with van der Waals surface area (Å²) in [5.74, 6) is 0.203. The van der Waals surface area contributed by atoms with Gasteiger partial charge >= 0.3 is 0 Å². The second-order valence-corrected chi connectivity index (χ2v) is 5.47. The van der Waals surface area contributed by atoms with Gasteiger partial charge in [-0.2, -0.15) is 0 Å². The number of hydrogen-bond acceptors (Lipinski definition) is 2. The molecule has 0 aliphatic heterocycles. The highest BCUT2D eigenvalue weighted by molar-refractivity contribution is 6.01. The Kier molecular flexibility index (Phi) is 3.41. The molecule has 0 spiro atoms. The average molecular weight is 219 g/mol. The maximum absolute atomic E-state index is 12.2. The number of benzene rings is 1. The lowest BCUT2D eigenvalue weighted by Crippen LogP contribution is -2.21. The van der Waals surface area contributed by atoms with Crippen molar-refractivity contribution in [3.63, 3.8) is 0 Å². The van der Waals surface area contributed by atoms with Gasteiger partial charge < -0.3 is 4.90 Å². The maximum atomic E-state index is 12.2. The van der Waals surface area contributed by atoms with Crippen LogP contribution in [0.3, 0.4) is 0 Å². The summed E-state index contributed by atoms with van der Waals surface area (Å²) in [6.45, 7) is 7.85. The first kappa shape index (κ1) is 12.8. The molecule has 0 aliphatic rings. The summed E-state index contributed by atoms with van der Waals surface area (Å²) in [4.78, 5) is 14.3. The van der Waals surface area contributed by atoms with Crippen molar-refractivity contribution in [3.8, 4) is 0 Å². The number of carbonyl (C=O) groups excluding carboxylic acids is 1. The number of ketones is 1. The average Bonchev–Trinajstić information content (AvgIpc) is 2.15. The zero-order chi connectivity index (χ0) is 12.5. The molecule has 0 bridgehead atoms. The van der Waals surface area contributed by atoms with E-state index in [1.807, 2.05) is 64.9 Å². The predicted molar refractivity (Wildman–Crippen MR) is 69.3 cm³/mol. The second kappa shape index (κ2) is 4.28. The number of hydrogen-bond donors (Lipinski definition) is 0. The molecule has 0 N–H and O–H groups in total.